The Morgan fingerprint density at radius 3 is 2.93 bits per heavy atom. The predicted molar refractivity (Wildman–Crippen MR) is 57.4 cm³/mol. The fourth-order valence-electron chi connectivity index (χ4n) is 2.10. The number of hydrogen-bond donors (Lipinski definition) is 1. The number of thiazole rings is 1. The summed E-state index contributed by atoms with van der Waals surface area (Å²) < 4.78 is 0. The van der Waals surface area contributed by atoms with E-state index in [0.29, 0.717) is 6.04 Å². The molecule has 3 nitrogen and oxygen atoms in total. The summed E-state index contributed by atoms with van der Waals surface area (Å²) in [6.07, 6.45) is 2.46. The van der Waals surface area contributed by atoms with Gasteiger partial charge in [-0.3, -0.25) is 4.90 Å². The Hall–Kier alpha value is -0.450. The fourth-order valence-corrected chi connectivity index (χ4v) is 2.95. The van der Waals surface area contributed by atoms with Crippen LogP contribution in [0, 0.1) is 6.92 Å². The van der Waals surface area contributed by atoms with Crippen molar-refractivity contribution >= 4 is 11.3 Å². The van der Waals surface area contributed by atoms with E-state index in [-0.39, 0.29) is 6.61 Å². The van der Waals surface area contributed by atoms with Crippen molar-refractivity contribution in [2.75, 3.05) is 13.6 Å². The minimum atomic E-state index is 0.0714. The standard InChI is InChI=1S/C10H16N2OS/c1-7-10(11-9(6-13)14-7)8-4-3-5-12(8)2/h8,13H,3-6H2,1-2H3. The highest BCUT2D eigenvalue weighted by molar-refractivity contribution is 7.11. The highest BCUT2D eigenvalue weighted by Gasteiger charge is 2.26. The average molecular weight is 212 g/mol. The largest absolute Gasteiger partial charge is 0.389 e. The molecule has 0 bridgehead atoms. The van der Waals surface area contributed by atoms with Gasteiger partial charge >= 0.3 is 0 Å². The Kier molecular flexibility index (Phi) is 2.85. The van der Waals surface area contributed by atoms with Crippen molar-refractivity contribution in [2.45, 2.75) is 32.4 Å². The zero-order valence-corrected chi connectivity index (χ0v) is 9.47. The van der Waals surface area contributed by atoms with Crippen molar-refractivity contribution in [1.29, 1.82) is 0 Å². The van der Waals surface area contributed by atoms with E-state index in [0.717, 1.165) is 11.6 Å². The van der Waals surface area contributed by atoms with Gasteiger partial charge in [-0.2, -0.15) is 0 Å². The minimum absolute atomic E-state index is 0.0714. The maximum Gasteiger partial charge on any atom is 0.119 e. The zero-order valence-electron chi connectivity index (χ0n) is 8.66. The molecule has 0 amide bonds. The molecule has 78 valence electrons. The van der Waals surface area contributed by atoms with Gasteiger partial charge in [-0.15, -0.1) is 11.3 Å². The van der Waals surface area contributed by atoms with Crippen LogP contribution in [0.5, 0.6) is 0 Å². The molecule has 14 heavy (non-hydrogen) atoms. The molecule has 4 heteroatoms. The van der Waals surface area contributed by atoms with Crippen molar-refractivity contribution in [3.8, 4) is 0 Å². The maximum atomic E-state index is 9.02. The van der Waals surface area contributed by atoms with Gasteiger partial charge in [-0.05, 0) is 33.4 Å². The summed E-state index contributed by atoms with van der Waals surface area (Å²) >= 11 is 1.62. The van der Waals surface area contributed by atoms with Gasteiger partial charge in [0.25, 0.3) is 0 Å². The highest BCUT2D eigenvalue weighted by atomic mass is 32.1. The van der Waals surface area contributed by atoms with Crippen LogP contribution in [0.25, 0.3) is 0 Å². The minimum Gasteiger partial charge on any atom is -0.389 e. The highest BCUT2D eigenvalue weighted by Crippen LogP contribution is 2.33. The van der Waals surface area contributed by atoms with Crippen LogP contribution in [0.15, 0.2) is 0 Å². The summed E-state index contributed by atoms with van der Waals surface area (Å²) in [6, 6.07) is 0.478. The van der Waals surface area contributed by atoms with Crippen LogP contribution < -0.4 is 0 Å². The van der Waals surface area contributed by atoms with Crippen LogP contribution in [0.3, 0.4) is 0 Å². The number of aliphatic hydroxyl groups is 1. The normalized spacial score (nSPS) is 23.2. The molecule has 1 aliphatic rings. The number of hydrogen-bond acceptors (Lipinski definition) is 4. The Morgan fingerprint density at radius 2 is 2.43 bits per heavy atom. The summed E-state index contributed by atoms with van der Waals surface area (Å²) in [5.41, 5.74) is 1.18. The summed E-state index contributed by atoms with van der Waals surface area (Å²) in [4.78, 5) is 8.10. The summed E-state index contributed by atoms with van der Waals surface area (Å²) in [7, 11) is 2.15. The molecule has 1 aromatic rings. The molecule has 0 aromatic carbocycles. The van der Waals surface area contributed by atoms with Crippen LogP contribution in [0.2, 0.25) is 0 Å². The number of aromatic nitrogens is 1. The molecule has 1 aromatic heterocycles. The van der Waals surface area contributed by atoms with Gasteiger partial charge in [0.05, 0.1) is 18.3 Å². The predicted octanol–water partition coefficient (Wildman–Crippen LogP) is 1.71. The van der Waals surface area contributed by atoms with Crippen molar-refractivity contribution in [1.82, 2.24) is 9.88 Å². The third-order valence-corrected chi connectivity index (χ3v) is 3.82. The van der Waals surface area contributed by atoms with Crippen LogP contribution >= 0.6 is 11.3 Å². The molecule has 2 heterocycles. The topological polar surface area (TPSA) is 36.4 Å². The molecular formula is C10H16N2OS. The molecule has 1 atom stereocenters. The van der Waals surface area contributed by atoms with Gasteiger partial charge in [-0.25, -0.2) is 4.98 Å². The Morgan fingerprint density at radius 1 is 1.64 bits per heavy atom. The second-order valence-electron chi connectivity index (χ2n) is 3.85. The molecule has 0 saturated carbocycles. The monoisotopic (exact) mass is 212 g/mol. The van der Waals surface area contributed by atoms with Crippen molar-refractivity contribution in [3.05, 3.63) is 15.6 Å². The summed E-state index contributed by atoms with van der Waals surface area (Å²) in [5, 5.41) is 9.86. The van der Waals surface area contributed by atoms with Crippen LogP contribution in [0.1, 0.15) is 34.5 Å². The molecule has 1 unspecified atom stereocenters. The first-order chi connectivity index (χ1) is 6.72. The van der Waals surface area contributed by atoms with Gasteiger partial charge in [0.2, 0.25) is 0 Å². The van der Waals surface area contributed by atoms with Crippen LogP contribution in [-0.4, -0.2) is 28.6 Å². The first-order valence-electron chi connectivity index (χ1n) is 4.99. The number of rotatable bonds is 2. The molecule has 1 saturated heterocycles. The summed E-state index contributed by atoms with van der Waals surface area (Å²) in [5.74, 6) is 0. The van der Waals surface area contributed by atoms with Gasteiger partial charge in [0, 0.05) is 4.88 Å². The SMILES string of the molecule is Cc1sc(CO)nc1C1CCCN1C. The first kappa shape index (κ1) is 10.1. The van der Waals surface area contributed by atoms with Crippen LogP contribution in [0.4, 0.5) is 0 Å². The van der Waals surface area contributed by atoms with Crippen molar-refractivity contribution < 1.29 is 5.11 Å². The van der Waals surface area contributed by atoms with Gasteiger partial charge < -0.3 is 5.11 Å². The Labute approximate surface area is 88.4 Å². The molecule has 2 rings (SSSR count). The lowest BCUT2D eigenvalue weighted by Crippen LogP contribution is -2.18. The molecule has 0 radical (unpaired) electrons. The second-order valence-corrected chi connectivity index (χ2v) is 5.13. The zero-order chi connectivity index (χ0) is 10.1. The quantitative estimate of drug-likeness (QED) is 0.810. The molecule has 1 fully saturated rings. The lowest BCUT2D eigenvalue weighted by atomic mass is 10.1. The van der Waals surface area contributed by atoms with Crippen molar-refractivity contribution in [2.24, 2.45) is 0 Å². The lowest BCUT2D eigenvalue weighted by Gasteiger charge is -2.17. The fraction of sp³-hybridized carbons (Fsp3) is 0.700. The maximum absolute atomic E-state index is 9.02. The van der Waals surface area contributed by atoms with E-state index in [4.69, 9.17) is 5.11 Å². The number of likely N-dealkylation sites (tertiary alicyclic amines) is 1. The number of aliphatic hydroxyl groups excluding tert-OH is 1. The van der Waals surface area contributed by atoms with Gasteiger partial charge in [0.1, 0.15) is 5.01 Å². The first-order valence-corrected chi connectivity index (χ1v) is 5.81. The third-order valence-electron chi connectivity index (χ3n) is 2.85. The molecule has 1 N–H and O–H groups in total. The van der Waals surface area contributed by atoms with E-state index < -0.39 is 0 Å². The average Bonchev–Trinajstić information content (AvgIpc) is 2.72. The Bertz CT molecular complexity index is 324. The summed E-state index contributed by atoms with van der Waals surface area (Å²) in [6.45, 7) is 3.33. The number of aryl methyl sites for hydroxylation is 1. The Balaban J connectivity index is 2.26. The number of nitrogens with zero attached hydrogens (tertiary/aromatic N) is 2. The van der Waals surface area contributed by atoms with E-state index in [2.05, 4.69) is 23.9 Å². The third kappa shape index (κ3) is 1.69. The van der Waals surface area contributed by atoms with E-state index in [9.17, 15) is 0 Å². The lowest BCUT2D eigenvalue weighted by molar-refractivity contribution is 0.278. The van der Waals surface area contributed by atoms with E-state index in [1.54, 1.807) is 11.3 Å². The van der Waals surface area contributed by atoms with E-state index in [1.165, 1.54) is 23.4 Å². The van der Waals surface area contributed by atoms with Gasteiger partial charge in [0.15, 0.2) is 0 Å². The van der Waals surface area contributed by atoms with E-state index in [1.807, 2.05) is 0 Å². The van der Waals surface area contributed by atoms with E-state index >= 15 is 0 Å². The smallest absolute Gasteiger partial charge is 0.119 e. The second kappa shape index (κ2) is 3.96. The van der Waals surface area contributed by atoms with Crippen LogP contribution in [-0.2, 0) is 6.61 Å². The van der Waals surface area contributed by atoms with Crippen molar-refractivity contribution in [3.63, 3.8) is 0 Å². The molecule has 0 spiro atoms. The molecular weight excluding hydrogens is 196 g/mol. The van der Waals surface area contributed by atoms with Gasteiger partial charge in [-0.1, -0.05) is 0 Å². The molecule has 1 aliphatic heterocycles. The molecule has 0 aliphatic carbocycles.